The maximum Gasteiger partial charge on any atom is 0.149 e. The van der Waals surface area contributed by atoms with Gasteiger partial charge in [-0.3, -0.25) is 5.01 Å². The molecule has 0 fully saturated rings. The van der Waals surface area contributed by atoms with E-state index in [0.717, 1.165) is 30.1 Å². The van der Waals surface area contributed by atoms with Crippen molar-refractivity contribution in [2.24, 2.45) is 4.99 Å². The zero-order chi connectivity index (χ0) is 14.1. The highest BCUT2D eigenvalue weighted by Gasteiger charge is 2.20. The maximum atomic E-state index is 13.5. The predicted octanol–water partition coefficient (Wildman–Crippen LogP) is 2.03. The molecule has 4 nitrogen and oxygen atoms in total. The largest absolute Gasteiger partial charge is 0.366 e. The van der Waals surface area contributed by atoms with Gasteiger partial charge in [0.25, 0.3) is 0 Å². The third kappa shape index (κ3) is 2.42. The minimum Gasteiger partial charge on any atom is -0.366 e. The smallest absolute Gasteiger partial charge is 0.149 e. The molecule has 1 aromatic carbocycles. The van der Waals surface area contributed by atoms with Crippen LogP contribution in [0.4, 0.5) is 8.78 Å². The zero-order valence-corrected chi connectivity index (χ0v) is 11.0. The number of amidine groups is 1. The molecule has 0 spiro atoms. The van der Waals surface area contributed by atoms with Gasteiger partial charge in [-0.2, -0.15) is 0 Å². The van der Waals surface area contributed by atoms with Gasteiger partial charge in [-0.15, -0.1) is 0 Å². The van der Waals surface area contributed by atoms with Crippen LogP contribution in [-0.4, -0.2) is 17.4 Å². The van der Waals surface area contributed by atoms with Crippen molar-refractivity contribution in [1.82, 2.24) is 15.8 Å². The summed E-state index contributed by atoms with van der Waals surface area (Å²) in [6.07, 6.45) is 3.63. The third-order valence-corrected chi connectivity index (χ3v) is 3.20. The van der Waals surface area contributed by atoms with Gasteiger partial charge in [-0.05, 0) is 36.8 Å². The summed E-state index contributed by atoms with van der Waals surface area (Å²) in [6.45, 7) is 2.94. The monoisotopic (exact) mass is 276 g/mol. The fourth-order valence-electron chi connectivity index (χ4n) is 2.10. The molecule has 0 bridgehead atoms. The Bertz CT molecular complexity index is 634. The molecule has 2 heterocycles. The van der Waals surface area contributed by atoms with E-state index < -0.39 is 11.6 Å². The van der Waals surface area contributed by atoms with E-state index in [4.69, 9.17) is 0 Å². The molecule has 2 aliphatic heterocycles. The van der Waals surface area contributed by atoms with E-state index in [0.29, 0.717) is 5.84 Å². The summed E-state index contributed by atoms with van der Waals surface area (Å²) in [7, 11) is 0. The Hall–Kier alpha value is -2.21. The first-order valence-electron chi connectivity index (χ1n) is 6.30. The highest BCUT2D eigenvalue weighted by molar-refractivity contribution is 5.94. The lowest BCUT2D eigenvalue weighted by Crippen LogP contribution is -2.31. The number of nitrogens with zero attached hydrogens (tertiary/aromatic N) is 2. The first kappa shape index (κ1) is 12.8. The highest BCUT2D eigenvalue weighted by atomic mass is 19.1. The van der Waals surface area contributed by atoms with Crippen molar-refractivity contribution < 1.29 is 8.78 Å². The number of hydrazine groups is 1. The fraction of sp³-hybridized carbons (Fsp3) is 0.214. The van der Waals surface area contributed by atoms with Crippen molar-refractivity contribution in [1.29, 1.82) is 0 Å². The Morgan fingerprint density at radius 1 is 1.40 bits per heavy atom. The molecule has 0 aliphatic carbocycles. The molecular formula is C14H14F2N4. The molecule has 20 heavy (non-hydrogen) atoms. The van der Waals surface area contributed by atoms with Crippen LogP contribution in [0.5, 0.6) is 0 Å². The van der Waals surface area contributed by atoms with Crippen molar-refractivity contribution in [3.8, 4) is 0 Å². The second kappa shape index (κ2) is 5.05. The zero-order valence-electron chi connectivity index (χ0n) is 11.0. The Balaban J connectivity index is 1.73. The summed E-state index contributed by atoms with van der Waals surface area (Å²) in [5.74, 6) is 0.588. The Kier molecular flexibility index (Phi) is 3.23. The number of aliphatic imine (C=N–C) groups is 1. The number of hydrogen-bond acceptors (Lipinski definition) is 4. The number of fused-ring (bicyclic) bond motifs is 1. The van der Waals surface area contributed by atoms with Crippen molar-refractivity contribution in [2.75, 3.05) is 6.54 Å². The minimum absolute atomic E-state index is 0.187. The topological polar surface area (TPSA) is 39.7 Å². The molecule has 0 atom stereocenters. The predicted molar refractivity (Wildman–Crippen MR) is 72.3 cm³/mol. The minimum atomic E-state index is -0.450. The second-order valence-corrected chi connectivity index (χ2v) is 4.71. The van der Waals surface area contributed by atoms with Crippen LogP contribution in [0.3, 0.4) is 0 Å². The van der Waals surface area contributed by atoms with Crippen molar-refractivity contribution in [3.05, 3.63) is 59.1 Å². The Morgan fingerprint density at radius 3 is 3.10 bits per heavy atom. The molecule has 0 aromatic heterocycles. The molecule has 2 aliphatic rings. The fourth-order valence-corrected chi connectivity index (χ4v) is 2.10. The average molecular weight is 276 g/mol. The Morgan fingerprint density at radius 2 is 2.25 bits per heavy atom. The standard InChI is InChI=1S/C14H14F2N4/c1-9-7-18-20-5-4-13(19-14(9)20)17-8-10-6-11(15)2-3-12(10)16/h2-6,18H,7-8H2,1H3,(H,17,19). The van der Waals surface area contributed by atoms with E-state index in [1.807, 2.05) is 18.1 Å². The van der Waals surface area contributed by atoms with Crippen LogP contribution in [-0.2, 0) is 6.54 Å². The van der Waals surface area contributed by atoms with Gasteiger partial charge in [-0.25, -0.2) is 19.2 Å². The summed E-state index contributed by atoms with van der Waals surface area (Å²) in [5.41, 5.74) is 4.55. The number of rotatable bonds is 2. The van der Waals surface area contributed by atoms with Crippen LogP contribution in [0.25, 0.3) is 0 Å². The van der Waals surface area contributed by atoms with Gasteiger partial charge in [0.2, 0.25) is 0 Å². The van der Waals surface area contributed by atoms with E-state index in [-0.39, 0.29) is 12.1 Å². The molecule has 0 saturated carbocycles. The van der Waals surface area contributed by atoms with E-state index in [9.17, 15) is 8.78 Å². The Labute approximate surface area is 115 Å². The molecule has 3 rings (SSSR count). The first-order valence-corrected chi connectivity index (χ1v) is 6.30. The molecule has 0 amide bonds. The molecule has 2 N–H and O–H groups in total. The lowest BCUT2D eigenvalue weighted by Gasteiger charge is -2.20. The molecule has 0 unspecified atom stereocenters. The second-order valence-electron chi connectivity index (χ2n) is 4.71. The summed E-state index contributed by atoms with van der Waals surface area (Å²) < 4.78 is 26.6. The van der Waals surface area contributed by atoms with Gasteiger partial charge in [0.05, 0.1) is 0 Å². The van der Waals surface area contributed by atoms with Gasteiger partial charge < -0.3 is 5.32 Å². The number of nitrogens with one attached hydrogen (secondary N) is 2. The summed E-state index contributed by atoms with van der Waals surface area (Å²) in [4.78, 5) is 4.44. The lowest BCUT2D eigenvalue weighted by molar-refractivity contribution is 0.382. The van der Waals surface area contributed by atoms with Gasteiger partial charge in [-0.1, -0.05) is 0 Å². The third-order valence-electron chi connectivity index (χ3n) is 3.20. The molecule has 6 heteroatoms. The average Bonchev–Trinajstić information content (AvgIpc) is 2.81. The summed E-state index contributed by atoms with van der Waals surface area (Å²) >= 11 is 0. The van der Waals surface area contributed by atoms with E-state index in [2.05, 4.69) is 15.7 Å². The lowest BCUT2D eigenvalue weighted by atomic mass is 10.2. The van der Waals surface area contributed by atoms with Crippen LogP contribution in [0, 0.1) is 11.6 Å². The molecule has 1 aromatic rings. The van der Waals surface area contributed by atoms with Crippen LogP contribution in [0.2, 0.25) is 0 Å². The SMILES string of the molecule is CC1=C2N=C(NCc3cc(F)ccc3F)C=CN2NC1. The van der Waals surface area contributed by atoms with E-state index in [1.54, 1.807) is 6.08 Å². The van der Waals surface area contributed by atoms with Gasteiger partial charge in [0.1, 0.15) is 23.3 Å². The molecule has 0 saturated heterocycles. The van der Waals surface area contributed by atoms with Crippen LogP contribution in [0.15, 0.2) is 46.9 Å². The maximum absolute atomic E-state index is 13.5. The van der Waals surface area contributed by atoms with Crippen LogP contribution < -0.4 is 10.7 Å². The van der Waals surface area contributed by atoms with Crippen molar-refractivity contribution in [3.63, 3.8) is 0 Å². The van der Waals surface area contributed by atoms with Gasteiger partial charge in [0, 0.05) is 24.9 Å². The summed E-state index contributed by atoms with van der Waals surface area (Å²) in [5, 5.41) is 4.84. The van der Waals surface area contributed by atoms with E-state index >= 15 is 0 Å². The highest BCUT2D eigenvalue weighted by Crippen LogP contribution is 2.19. The van der Waals surface area contributed by atoms with Gasteiger partial charge in [0.15, 0.2) is 0 Å². The molecular weight excluding hydrogens is 262 g/mol. The quantitative estimate of drug-likeness (QED) is 0.868. The first-order chi connectivity index (χ1) is 9.63. The van der Waals surface area contributed by atoms with Crippen LogP contribution >= 0.6 is 0 Å². The van der Waals surface area contributed by atoms with Crippen LogP contribution in [0.1, 0.15) is 12.5 Å². The van der Waals surface area contributed by atoms with Crippen molar-refractivity contribution in [2.45, 2.75) is 13.5 Å². The number of halogens is 2. The normalized spacial score (nSPS) is 17.4. The number of benzene rings is 1. The molecule has 104 valence electrons. The van der Waals surface area contributed by atoms with Crippen molar-refractivity contribution >= 4 is 5.84 Å². The van der Waals surface area contributed by atoms with Gasteiger partial charge >= 0.3 is 0 Å². The van der Waals surface area contributed by atoms with E-state index in [1.165, 1.54) is 6.07 Å². The summed E-state index contributed by atoms with van der Waals surface area (Å²) in [6, 6.07) is 3.41. The molecule has 0 radical (unpaired) electrons. The number of hydrogen-bond donors (Lipinski definition) is 2.